The van der Waals surface area contributed by atoms with Crippen LogP contribution in [0.25, 0.3) is 0 Å². The number of aromatic amines is 1. The number of hydrogen-bond acceptors (Lipinski definition) is 5. The van der Waals surface area contributed by atoms with Crippen molar-refractivity contribution in [3.8, 4) is 0 Å². The van der Waals surface area contributed by atoms with Gasteiger partial charge in [-0.3, -0.25) is 10.1 Å². The smallest absolute Gasteiger partial charge is 0.158 e. The number of hydrogen-bond donors (Lipinski definition) is 2. The number of H-pyrrole nitrogens is 1. The molecule has 1 aliphatic rings. The Morgan fingerprint density at radius 1 is 1.37 bits per heavy atom. The molecule has 2 heterocycles. The summed E-state index contributed by atoms with van der Waals surface area (Å²) in [4.78, 5) is 17.9. The summed E-state index contributed by atoms with van der Waals surface area (Å²) in [5.74, 6) is 1.76. The molecule has 0 saturated carbocycles. The highest BCUT2D eigenvalue weighted by molar-refractivity contribution is 6.04. The van der Waals surface area contributed by atoms with E-state index in [1.165, 1.54) is 0 Å². The summed E-state index contributed by atoms with van der Waals surface area (Å²) in [6.07, 6.45) is 5.56. The Kier molecular flexibility index (Phi) is 7.94. The van der Waals surface area contributed by atoms with Crippen molar-refractivity contribution in [1.29, 1.82) is 0 Å². The molecule has 2 N–H and O–H groups in total. The first kappa shape index (κ1) is 20.6. The highest BCUT2D eigenvalue weighted by atomic mass is 15.3. The number of amidine groups is 1. The molecule has 0 bridgehead atoms. The first-order valence-corrected chi connectivity index (χ1v) is 9.18. The zero-order valence-electron chi connectivity index (χ0n) is 16.7. The van der Waals surface area contributed by atoms with Gasteiger partial charge in [0.2, 0.25) is 0 Å². The van der Waals surface area contributed by atoms with Gasteiger partial charge in [-0.15, -0.1) is 0 Å². The lowest BCUT2D eigenvalue weighted by Gasteiger charge is -2.30. The summed E-state index contributed by atoms with van der Waals surface area (Å²) in [6, 6.07) is 1.89. The SMILES string of the molecule is C=C(N=C(N=CN1CCN(C)CC1)/C(C)=C/C=NCC)Nc1cc(C)[nH]n1. The molecule has 1 aliphatic heterocycles. The lowest BCUT2D eigenvalue weighted by Crippen LogP contribution is -2.43. The Morgan fingerprint density at radius 2 is 2.11 bits per heavy atom. The van der Waals surface area contributed by atoms with Crippen LogP contribution in [0.5, 0.6) is 0 Å². The van der Waals surface area contributed by atoms with E-state index in [1.807, 2.05) is 39.3 Å². The largest absolute Gasteiger partial charge is 0.360 e. The summed E-state index contributed by atoms with van der Waals surface area (Å²) < 4.78 is 0. The highest BCUT2D eigenvalue weighted by Crippen LogP contribution is 2.09. The number of aromatic nitrogens is 2. The second kappa shape index (κ2) is 10.4. The van der Waals surface area contributed by atoms with Crippen molar-refractivity contribution in [2.75, 3.05) is 45.1 Å². The average molecular weight is 371 g/mol. The molecule has 8 nitrogen and oxygen atoms in total. The Balaban J connectivity index is 2.13. The monoisotopic (exact) mass is 370 g/mol. The Morgan fingerprint density at radius 3 is 2.74 bits per heavy atom. The van der Waals surface area contributed by atoms with Crippen LogP contribution in [-0.4, -0.2) is 78.2 Å². The van der Waals surface area contributed by atoms with Gasteiger partial charge in [-0.05, 0) is 39.5 Å². The molecule has 1 aromatic heterocycles. The topological polar surface area (TPSA) is 84.3 Å². The summed E-state index contributed by atoms with van der Waals surface area (Å²) in [6.45, 7) is 14.6. The molecular formula is C19H30N8. The zero-order chi connectivity index (χ0) is 19.6. The van der Waals surface area contributed by atoms with Crippen molar-refractivity contribution in [2.24, 2.45) is 15.0 Å². The minimum Gasteiger partial charge on any atom is -0.360 e. The zero-order valence-corrected chi connectivity index (χ0v) is 16.7. The van der Waals surface area contributed by atoms with Gasteiger partial charge in [0.25, 0.3) is 0 Å². The predicted octanol–water partition coefficient (Wildman–Crippen LogP) is 2.31. The molecule has 0 unspecified atom stereocenters. The lowest BCUT2D eigenvalue weighted by molar-refractivity contribution is 0.219. The number of aryl methyl sites for hydroxylation is 1. The number of anilines is 1. The third-order valence-corrected chi connectivity index (χ3v) is 4.07. The van der Waals surface area contributed by atoms with E-state index in [2.05, 4.69) is 53.9 Å². The van der Waals surface area contributed by atoms with Crippen LogP contribution in [0.1, 0.15) is 19.5 Å². The van der Waals surface area contributed by atoms with E-state index in [0.717, 1.165) is 44.0 Å². The number of likely N-dealkylation sites (N-methyl/N-ethyl adjacent to an activating group) is 1. The Bertz CT molecular complexity index is 733. The van der Waals surface area contributed by atoms with E-state index in [1.54, 1.807) is 6.21 Å². The van der Waals surface area contributed by atoms with Gasteiger partial charge in [0.05, 0.1) is 6.34 Å². The quantitative estimate of drug-likeness (QED) is 0.570. The molecule has 0 aliphatic carbocycles. The van der Waals surface area contributed by atoms with E-state index in [4.69, 9.17) is 0 Å². The van der Waals surface area contributed by atoms with Crippen molar-refractivity contribution >= 4 is 24.2 Å². The molecule has 0 amide bonds. The second-order valence-corrected chi connectivity index (χ2v) is 6.52. The van der Waals surface area contributed by atoms with Gasteiger partial charge in [-0.25, -0.2) is 9.98 Å². The Hall–Kier alpha value is -2.74. The highest BCUT2D eigenvalue weighted by Gasteiger charge is 2.11. The van der Waals surface area contributed by atoms with E-state index in [0.29, 0.717) is 17.5 Å². The third kappa shape index (κ3) is 7.18. The molecule has 0 spiro atoms. The fraction of sp³-hybridized carbons (Fsp3) is 0.474. The van der Waals surface area contributed by atoms with Crippen molar-refractivity contribution in [3.63, 3.8) is 0 Å². The van der Waals surface area contributed by atoms with Crippen LogP contribution in [0.2, 0.25) is 0 Å². The van der Waals surface area contributed by atoms with Gasteiger partial charge in [-0.2, -0.15) is 5.10 Å². The molecule has 146 valence electrons. The molecule has 0 radical (unpaired) electrons. The number of nitrogens with zero attached hydrogens (tertiary/aromatic N) is 6. The van der Waals surface area contributed by atoms with Crippen LogP contribution in [0.3, 0.4) is 0 Å². The number of allylic oxidation sites excluding steroid dienone is 1. The molecule has 1 fully saturated rings. The third-order valence-electron chi connectivity index (χ3n) is 4.07. The van der Waals surface area contributed by atoms with E-state index < -0.39 is 0 Å². The molecule has 0 aromatic carbocycles. The predicted molar refractivity (Wildman–Crippen MR) is 114 cm³/mol. The van der Waals surface area contributed by atoms with E-state index >= 15 is 0 Å². The number of nitrogens with one attached hydrogen (secondary N) is 2. The van der Waals surface area contributed by atoms with Gasteiger partial charge in [0.15, 0.2) is 11.7 Å². The fourth-order valence-electron chi connectivity index (χ4n) is 2.42. The lowest BCUT2D eigenvalue weighted by atomic mass is 10.2. The van der Waals surface area contributed by atoms with Crippen LogP contribution in [0.4, 0.5) is 5.82 Å². The standard InChI is InChI=1S/C19H30N8/c1-6-20-8-7-15(2)19(21-14-27-11-9-26(5)10-12-27)23-17(4)22-18-13-16(3)24-25-18/h7-8,13-14H,4,6,9-12H2,1-3,5H3,(H2,22,24,25)/b15-7+,20-8?,21-14?,23-19?. The minimum atomic E-state index is 0.479. The summed E-state index contributed by atoms with van der Waals surface area (Å²) in [5, 5.41) is 10.1. The average Bonchev–Trinajstić information content (AvgIpc) is 3.04. The van der Waals surface area contributed by atoms with Crippen LogP contribution < -0.4 is 5.32 Å². The van der Waals surface area contributed by atoms with Crippen molar-refractivity contribution in [3.05, 3.63) is 35.8 Å². The maximum absolute atomic E-state index is 4.61. The number of rotatable bonds is 7. The van der Waals surface area contributed by atoms with Gasteiger partial charge < -0.3 is 15.1 Å². The van der Waals surface area contributed by atoms with Crippen molar-refractivity contribution < 1.29 is 0 Å². The number of aliphatic imine (C=N–C) groups is 3. The van der Waals surface area contributed by atoms with Crippen LogP contribution in [0, 0.1) is 6.92 Å². The molecule has 1 aromatic rings. The second-order valence-electron chi connectivity index (χ2n) is 6.52. The first-order chi connectivity index (χ1) is 13.0. The molecule has 1 saturated heterocycles. The minimum absolute atomic E-state index is 0.479. The molecular weight excluding hydrogens is 340 g/mol. The van der Waals surface area contributed by atoms with Gasteiger partial charge in [0, 0.05) is 50.7 Å². The number of piperazine rings is 1. The van der Waals surface area contributed by atoms with Crippen LogP contribution in [-0.2, 0) is 0 Å². The van der Waals surface area contributed by atoms with Crippen LogP contribution in [0.15, 0.2) is 45.1 Å². The van der Waals surface area contributed by atoms with E-state index in [9.17, 15) is 0 Å². The molecule has 2 rings (SSSR count). The molecule has 8 heteroatoms. The summed E-state index contributed by atoms with van der Waals surface area (Å²) in [5.41, 5.74) is 1.88. The van der Waals surface area contributed by atoms with Crippen LogP contribution >= 0.6 is 0 Å². The van der Waals surface area contributed by atoms with Gasteiger partial charge in [0.1, 0.15) is 5.82 Å². The molecule has 0 atom stereocenters. The molecule has 27 heavy (non-hydrogen) atoms. The van der Waals surface area contributed by atoms with Crippen molar-refractivity contribution in [1.82, 2.24) is 20.0 Å². The van der Waals surface area contributed by atoms with Crippen molar-refractivity contribution in [2.45, 2.75) is 20.8 Å². The first-order valence-electron chi connectivity index (χ1n) is 9.18. The van der Waals surface area contributed by atoms with Gasteiger partial charge in [-0.1, -0.05) is 6.58 Å². The normalized spacial score (nSPS) is 17.3. The fourth-order valence-corrected chi connectivity index (χ4v) is 2.42. The summed E-state index contributed by atoms with van der Waals surface area (Å²) >= 11 is 0. The van der Waals surface area contributed by atoms with Gasteiger partial charge >= 0.3 is 0 Å². The van der Waals surface area contributed by atoms with E-state index in [-0.39, 0.29) is 0 Å². The maximum Gasteiger partial charge on any atom is 0.158 e. The Labute approximate surface area is 161 Å². The summed E-state index contributed by atoms with van der Waals surface area (Å²) in [7, 11) is 2.13. The maximum atomic E-state index is 4.61.